The largest absolute Gasteiger partial charge is 0.495 e. The molecule has 1 rings (SSSR count). The van der Waals surface area contributed by atoms with Gasteiger partial charge in [-0.15, -0.1) is 0 Å². The second kappa shape index (κ2) is 6.25. The number of carbonyl (C=O) groups excluding carboxylic acids is 2. The fraction of sp³-hybridized carbons (Fsp3) is 0.250. The van der Waals surface area contributed by atoms with Crippen LogP contribution in [0.4, 0.5) is 5.69 Å². The lowest BCUT2D eigenvalue weighted by atomic mass is 10.2. The van der Waals surface area contributed by atoms with Crippen molar-refractivity contribution < 1.29 is 14.3 Å². The first-order chi connectivity index (χ1) is 8.58. The highest BCUT2D eigenvalue weighted by Crippen LogP contribution is 2.24. The van der Waals surface area contributed by atoms with Gasteiger partial charge in [-0.25, -0.2) is 0 Å². The van der Waals surface area contributed by atoms with E-state index in [0.29, 0.717) is 11.4 Å². The number of ether oxygens (including phenoxy) is 1. The maximum absolute atomic E-state index is 11.5. The number of methoxy groups -OCH3 is 1. The number of anilines is 1. The molecule has 0 aliphatic heterocycles. The van der Waals surface area contributed by atoms with Gasteiger partial charge < -0.3 is 15.4 Å². The monoisotopic (exact) mass is 247 g/mol. The Morgan fingerprint density at radius 2 is 2.11 bits per heavy atom. The van der Waals surface area contributed by atoms with E-state index in [2.05, 4.69) is 10.6 Å². The van der Waals surface area contributed by atoms with Crippen LogP contribution in [0.5, 0.6) is 5.75 Å². The maximum atomic E-state index is 11.5. The number of rotatable bonds is 3. The molecule has 2 N–H and O–H groups in total. The number of nitrogens with one attached hydrogen (secondary N) is 2. The summed E-state index contributed by atoms with van der Waals surface area (Å²) in [6, 6.07) is 6.92. The molecule has 0 heterocycles. The van der Waals surface area contributed by atoms with E-state index in [9.17, 15) is 9.59 Å². The van der Waals surface area contributed by atoms with Crippen LogP contribution in [0.2, 0.25) is 0 Å². The lowest BCUT2D eigenvalue weighted by Crippen LogP contribution is -2.35. The van der Waals surface area contributed by atoms with E-state index in [4.69, 9.17) is 10.00 Å². The van der Waals surface area contributed by atoms with Gasteiger partial charge in [-0.1, -0.05) is 6.07 Å². The topological polar surface area (TPSA) is 91.2 Å². The average Bonchev–Trinajstić information content (AvgIpc) is 2.36. The van der Waals surface area contributed by atoms with Crippen LogP contribution in [0.25, 0.3) is 0 Å². The number of carbonyl (C=O) groups is 2. The van der Waals surface area contributed by atoms with Gasteiger partial charge in [0, 0.05) is 0 Å². The average molecular weight is 247 g/mol. The van der Waals surface area contributed by atoms with Crippen LogP contribution in [0.3, 0.4) is 0 Å². The van der Waals surface area contributed by atoms with Gasteiger partial charge in [0.1, 0.15) is 12.3 Å². The maximum Gasteiger partial charge on any atom is 0.313 e. The standard InChI is InChI=1S/C12H13N3O3/c1-8-3-4-10(18-2)9(7-8)15-12(17)11(16)14-6-5-13/h3-4,7H,6H2,1-2H3,(H,14,16)(H,15,17). The van der Waals surface area contributed by atoms with Crippen molar-refractivity contribution in [3.8, 4) is 11.8 Å². The third kappa shape index (κ3) is 3.49. The van der Waals surface area contributed by atoms with E-state index in [1.54, 1.807) is 18.2 Å². The molecular weight excluding hydrogens is 234 g/mol. The predicted octanol–water partition coefficient (Wildman–Crippen LogP) is 0.582. The molecule has 0 unspecified atom stereocenters. The Bertz CT molecular complexity index is 506. The normalized spacial score (nSPS) is 9.17. The second-order valence-corrected chi connectivity index (χ2v) is 3.50. The number of nitrogens with zero attached hydrogens (tertiary/aromatic N) is 1. The Labute approximate surface area is 105 Å². The number of hydrogen-bond acceptors (Lipinski definition) is 4. The van der Waals surface area contributed by atoms with Crippen molar-refractivity contribution in [2.24, 2.45) is 0 Å². The molecule has 1 aromatic rings. The van der Waals surface area contributed by atoms with E-state index in [0.717, 1.165) is 5.56 Å². The van der Waals surface area contributed by atoms with Gasteiger partial charge in [0.05, 0.1) is 18.9 Å². The summed E-state index contributed by atoms with van der Waals surface area (Å²) >= 11 is 0. The first-order valence-electron chi connectivity index (χ1n) is 5.19. The van der Waals surface area contributed by atoms with Crippen molar-refractivity contribution >= 4 is 17.5 Å². The van der Waals surface area contributed by atoms with Crippen molar-refractivity contribution in [3.63, 3.8) is 0 Å². The van der Waals surface area contributed by atoms with Crippen LogP contribution in [0, 0.1) is 18.3 Å². The SMILES string of the molecule is COc1ccc(C)cc1NC(=O)C(=O)NCC#N. The van der Waals surface area contributed by atoms with Gasteiger partial charge >= 0.3 is 11.8 Å². The van der Waals surface area contributed by atoms with Crippen LogP contribution in [0.1, 0.15) is 5.56 Å². The minimum Gasteiger partial charge on any atom is -0.495 e. The second-order valence-electron chi connectivity index (χ2n) is 3.50. The zero-order valence-electron chi connectivity index (χ0n) is 10.1. The van der Waals surface area contributed by atoms with E-state index >= 15 is 0 Å². The number of amides is 2. The zero-order chi connectivity index (χ0) is 13.5. The van der Waals surface area contributed by atoms with Crippen LogP contribution in [-0.2, 0) is 9.59 Å². The lowest BCUT2D eigenvalue weighted by molar-refractivity contribution is -0.136. The molecule has 0 aliphatic rings. The summed E-state index contributed by atoms with van der Waals surface area (Å²) in [6.07, 6.45) is 0. The summed E-state index contributed by atoms with van der Waals surface area (Å²) < 4.78 is 5.06. The van der Waals surface area contributed by atoms with Gasteiger partial charge in [0.25, 0.3) is 0 Å². The zero-order valence-corrected chi connectivity index (χ0v) is 10.1. The molecule has 6 nitrogen and oxygen atoms in total. The third-order valence-electron chi connectivity index (χ3n) is 2.14. The van der Waals surface area contributed by atoms with Crippen LogP contribution in [-0.4, -0.2) is 25.5 Å². The summed E-state index contributed by atoms with van der Waals surface area (Å²) in [4.78, 5) is 22.8. The third-order valence-corrected chi connectivity index (χ3v) is 2.14. The summed E-state index contributed by atoms with van der Waals surface area (Å²) in [5, 5.41) is 12.9. The Kier molecular flexibility index (Phi) is 4.69. The van der Waals surface area contributed by atoms with Crippen LogP contribution in [0.15, 0.2) is 18.2 Å². The van der Waals surface area contributed by atoms with Crippen molar-refractivity contribution in [2.75, 3.05) is 19.0 Å². The molecule has 18 heavy (non-hydrogen) atoms. The first-order valence-corrected chi connectivity index (χ1v) is 5.19. The van der Waals surface area contributed by atoms with Gasteiger partial charge in [-0.05, 0) is 24.6 Å². The van der Waals surface area contributed by atoms with Crippen LogP contribution >= 0.6 is 0 Å². The highest BCUT2D eigenvalue weighted by atomic mass is 16.5. The molecule has 0 saturated carbocycles. The van der Waals surface area contributed by atoms with Crippen molar-refractivity contribution in [1.29, 1.82) is 5.26 Å². The Morgan fingerprint density at radius 1 is 1.39 bits per heavy atom. The quantitative estimate of drug-likeness (QED) is 0.603. The Hall–Kier alpha value is -2.55. The fourth-order valence-electron chi connectivity index (χ4n) is 1.30. The smallest absolute Gasteiger partial charge is 0.313 e. The minimum atomic E-state index is -0.861. The van der Waals surface area contributed by atoms with E-state index in [1.165, 1.54) is 7.11 Å². The first kappa shape index (κ1) is 13.5. The highest BCUT2D eigenvalue weighted by molar-refractivity contribution is 6.39. The molecule has 0 aliphatic carbocycles. The molecule has 94 valence electrons. The summed E-state index contributed by atoms with van der Waals surface area (Å²) in [7, 11) is 1.47. The summed E-state index contributed by atoms with van der Waals surface area (Å²) in [5.41, 5.74) is 1.33. The van der Waals surface area contributed by atoms with E-state index in [1.807, 2.05) is 13.0 Å². The molecule has 0 radical (unpaired) electrons. The van der Waals surface area contributed by atoms with Gasteiger partial charge in [0.15, 0.2) is 0 Å². The lowest BCUT2D eigenvalue weighted by Gasteiger charge is -2.10. The number of benzene rings is 1. The molecule has 6 heteroatoms. The van der Waals surface area contributed by atoms with Crippen molar-refractivity contribution in [1.82, 2.24) is 5.32 Å². The van der Waals surface area contributed by atoms with Gasteiger partial charge in [-0.2, -0.15) is 5.26 Å². The fourth-order valence-corrected chi connectivity index (χ4v) is 1.30. The molecule has 0 fully saturated rings. The molecule has 0 aromatic heterocycles. The van der Waals surface area contributed by atoms with E-state index in [-0.39, 0.29) is 6.54 Å². The highest BCUT2D eigenvalue weighted by Gasteiger charge is 2.15. The minimum absolute atomic E-state index is 0.211. The number of aryl methyl sites for hydroxylation is 1. The number of hydrogen-bond donors (Lipinski definition) is 2. The molecule has 2 amide bonds. The van der Waals surface area contributed by atoms with Gasteiger partial charge in [0.2, 0.25) is 0 Å². The number of nitriles is 1. The molecule has 1 aromatic carbocycles. The van der Waals surface area contributed by atoms with Crippen molar-refractivity contribution in [3.05, 3.63) is 23.8 Å². The predicted molar refractivity (Wildman–Crippen MR) is 65.0 cm³/mol. The molecular formula is C12H13N3O3. The Morgan fingerprint density at radius 3 is 2.72 bits per heavy atom. The molecule has 0 atom stereocenters. The molecule has 0 saturated heterocycles. The Balaban J connectivity index is 2.78. The summed E-state index contributed by atoms with van der Waals surface area (Å²) in [5.74, 6) is -1.24. The van der Waals surface area contributed by atoms with Gasteiger partial charge in [-0.3, -0.25) is 9.59 Å². The molecule has 0 bridgehead atoms. The summed E-state index contributed by atoms with van der Waals surface area (Å²) in [6.45, 7) is 1.64. The van der Waals surface area contributed by atoms with Crippen molar-refractivity contribution in [2.45, 2.75) is 6.92 Å². The molecule has 0 spiro atoms. The van der Waals surface area contributed by atoms with Crippen LogP contribution < -0.4 is 15.4 Å². The van der Waals surface area contributed by atoms with E-state index < -0.39 is 11.8 Å².